The Balaban J connectivity index is 1.67. The van der Waals surface area contributed by atoms with Crippen LogP contribution < -0.4 is 5.32 Å². The fourth-order valence-corrected chi connectivity index (χ4v) is 2.69. The van der Waals surface area contributed by atoms with Crippen molar-refractivity contribution in [3.05, 3.63) is 60.2 Å². The summed E-state index contributed by atoms with van der Waals surface area (Å²) in [5.41, 5.74) is 0.280. The van der Waals surface area contributed by atoms with E-state index in [1.807, 2.05) is 0 Å². The maximum atomic E-state index is 13.7. The molecule has 1 aromatic heterocycles. The van der Waals surface area contributed by atoms with Crippen LogP contribution in [0.3, 0.4) is 0 Å². The normalized spacial score (nSPS) is 12.0. The molecule has 3 aromatic rings. The van der Waals surface area contributed by atoms with Crippen molar-refractivity contribution in [2.75, 3.05) is 5.32 Å². The number of carbonyl (C=O) groups is 1. The molecule has 128 valence electrons. The van der Waals surface area contributed by atoms with Crippen molar-refractivity contribution < 1.29 is 18.0 Å². The quantitative estimate of drug-likeness (QED) is 0.692. The van der Waals surface area contributed by atoms with Crippen molar-refractivity contribution in [1.82, 2.24) is 10.2 Å². The number of hydrogen-bond acceptors (Lipinski definition) is 5. The van der Waals surface area contributed by atoms with Crippen LogP contribution in [-0.2, 0) is 4.79 Å². The number of para-hydroxylation sites is 1. The molecular weight excluding hydrogens is 348 g/mol. The number of amides is 1. The van der Waals surface area contributed by atoms with Gasteiger partial charge in [0.1, 0.15) is 11.6 Å². The van der Waals surface area contributed by atoms with Gasteiger partial charge in [0, 0.05) is 0 Å². The average Bonchev–Trinajstić information content (AvgIpc) is 3.05. The van der Waals surface area contributed by atoms with E-state index in [0.717, 1.165) is 11.8 Å². The van der Waals surface area contributed by atoms with Crippen LogP contribution in [0.2, 0.25) is 0 Å². The summed E-state index contributed by atoms with van der Waals surface area (Å²) in [6.45, 7) is 1.62. The second-order valence-electron chi connectivity index (χ2n) is 5.08. The Morgan fingerprint density at radius 3 is 2.48 bits per heavy atom. The molecule has 0 aliphatic carbocycles. The van der Waals surface area contributed by atoms with Gasteiger partial charge in [0.2, 0.25) is 5.91 Å². The zero-order chi connectivity index (χ0) is 17.8. The molecule has 25 heavy (non-hydrogen) atoms. The van der Waals surface area contributed by atoms with Crippen LogP contribution in [0.5, 0.6) is 0 Å². The van der Waals surface area contributed by atoms with Crippen molar-refractivity contribution in [1.29, 1.82) is 0 Å². The molecule has 0 spiro atoms. The highest BCUT2D eigenvalue weighted by atomic mass is 32.2. The number of nitrogens with zero attached hydrogens (tertiary/aromatic N) is 2. The van der Waals surface area contributed by atoms with E-state index in [1.54, 1.807) is 25.1 Å². The van der Waals surface area contributed by atoms with Crippen LogP contribution in [0.1, 0.15) is 6.92 Å². The van der Waals surface area contributed by atoms with Crippen LogP contribution >= 0.6 is 11.8 Å². The molecule has 0 bridgehead atoms. The van der Waals surface area contributed by atoms with Crippen molar-refractivity contribution >= 4 is 23.4 Å². The summed E-state index contributed by atoms with van der Waals surface area (Å²) in [6, 6.07) is 11.9. The molecule has 0 saturated carbocycles. The molecule has 5 nitrogen and oxygen atoms in total. The summed E-state index contributed by atoms with van der Waals surface area (Å²) in [7, 11) is 0. The molecular formula is C17H13F2N3O2S. The number of nitrogens with one attached hydrogen (secondary N) is 1. The van der Waals surface area contributed by atoms with E-state index in [0.29, 0.717) is 0 Å². The predicted octanol–water partition coefficient (Wildman–Crippen LogP) is 4.13. The topological polar surface area (TPSA) is 68.0 Å². The van der Waals surface area contributed by atoms with Gasteiger partial charge in [-0.05, 0) is 31.2 Å². The third-order valence-corrected chi connectivity index (χ3v) is 4.22. The van der Waals surface area contributed by atoms with Crippen LogP contribution in [0.25, 0.3) is 11.5 Å². The maximum absolute atomic E-state index is 13.7. The molecule has 0 aliphatic rings. The first-order chi connectivity index (χ1) is 12.0. The molecule has 0 saturated heterocycles. The average molecular weight is 361 g/mol. The van der Waals surface area contributed by atoms with Gasteiger partial charge in [-0.2, -0.15) is 0 Å². The molecule has 0 radical (unpaired) electrons. The van der Waals surface area contributed by atoms with E-state index in [1.165, 1.54) is 30.3 Å². The van der Waals surface area contributed by atoms with Gasteiger partial charge in [0.05, 0.1) is 16.5 Å². The number of hydrogen-bond donors (Lipinski definition) is 1. The zero-order valence-electron chi connectivity index (χ0n) is 13.1. The van der Waals surface area contributed by atoms with Gasteiger partial charge in [-0.3, -0.25) is 4.79 Å². The van der Waals surface area contributed by atoms with E-state index >= 15 is 0 Å². The predicted molar refractivity (Wildman–Crippen MR) is 90.0 cm³/mol. The molecule has 1 atom stereocenters. The number of benzene rings is 2. The standard InChI is InChI=1S/C17H13F2N3O2S/c1-10(15(23)20-14-9-5-4-8-13(14)19)25-17-22-21-16(24-17)11-6-2-3-7-12(11)18/h2-10H,1H3,(H,20,23)/t10-/m1/s1. The van der Waals surface area contributed by atoms with E-state index in [9.17, 15) is 13.6 Å². The molecule has 2 aromatic carbocycles. The summed E-state index contributed by atoms with van der Waals surface area (Å²) in [6.07, 6.45) is 0. The van der Waals surface area contributed by atoms with Gasteiger partial charge in [0.25, 0.3) is 11.1 Å². The minimum Gasteiger partial charge on any atom is -0.411 e. The number of thioether (sulfide) groups is 1. The highest BCUT2D eigenvalue weighted by Crippen LogP contribution is 2.28. The molecule has 1 amide bonds. The molecule has 8 heteroatoms. The van der Waals surface area contributed by atoms with Gasteiger partial charge in [-0.1, -0.05) is 36.0 Å². The fraction of sp³-hybridized carbons (Fsp3) is 0.118. The van der Waals surface area contributed by atoms with E-state index in [-0.39, 0.29) is 22.4 Å². The van der Waals surface area contributed by atoms with Gasteiger partial charge in [-0.15, -0.1) is 10.2 Å². The summed E-state index contributed by atoms with van der Waals surface area (Å²) in [4.78, 5) is 12.2. The lowest BCUT2D eigenvalue weighted by molar-refractivity contribution is -0.115. The monoisotopic (exact) mass is 361 g/mol. The minimum absolute atomic E-state index is 0.0299. The zero-order valence-corrected chi connectivity index (χ0v) is 13.9. The van der Waals surface area contributed by atoms with Crippen LogP contribution in [0.4, 0.5) is 14.5 Å². The van der Waals surface area contributed by atoms with Gasteiger partial charge < -0.3 is 9.73 Å². The Morgan fingerprint density at radius 1 is 1.08 bits per heavy atom. The van der Waals surface area contributed by atoms with Gasteiger partial charge in [0.15, 0.2) is 0 Å². The number of aromatic nitrogens is 2. The second-order valence-corrected chi connectivity index (χ2v) is 6.37. The Kier molecular flexibility index (Phi) is 5.08. The van der Waals surface area contributed by atoms with E-state index in [4.69, 9.17) is 4.42 Å². The third kappa shape index (κ3) is 4.03. The van der Waals surface area contributed by atoms with Gasteiger partial charge >= 0.3 is 0 Å². The largest absolute Gasteiger partial charge is 0.411 e. The first kappa shape index (κ1) is 17.1. The molecule has 0 fully saturated rings. The van der Waals surface area contributed by atoms with Crippen LogP contribution in [0.15, 0.2) is 58.2 Å². The fourth-order valence-electron chi connectivity index (χ4n) is 2.00. The molecule has 0 unspecified atom stereocenters. The molecule has 1 N–H and O–H groups in total. The first-order valence-electron chi connectivity index (χ1n) is 7.35. The Morgan fingerprint density at radius 2 is 1.76 bits per heavy atom. The molecule has 1 heterocycles. The number of rotatable bonds is 5. The highest BCUT2D eigenvalue weighted by Gasteiger charge is 2.20. The summed E-state index contributed by atoms with van der Waals surface area (Å²) < 4.78 is 32.7. The van der Waals surface area contributed by atoms with Crippen molar-refractivity contribution in [2.45, 2.75) is 17.4 Å². The SMILES string of the molecule is C[C@@H](Sc1nnc(-c2ccccc2F)o1)C(=O)Nc1ccccc1F. The van der Waals surface area contributed by atoms with E-state index in [2.05, 4.69) is 15.5 Å². The number of anilines is 1. The lowest BCUT2D eigenvalue weighted by atomic mass is 10.2. The van der Waals surface area contributed by atoms with E-state index < -0.39 is 22.8 Å². The Hall–Kier alpha value is -2.74. The molecule has 3 rings (SSSR count). The lowest BCUT2D eigenvalue weighted by Crippen LogP contribution is -2.22. The van der Waals surface area contributed by atoms with Crippen molar-refractivity contribution in [2.24, 2.45) is 0 Å². The smallest absolute Gasteiger partial charge is 0.277 e. The van der Waals surface area contributed by atoms with Crippen LogP contribution in [0, 0.1) is 11.6 Å². The second kappa shape index (κ2) is 7.43. The van der Waals surface area contributed by atoms with Crippen LogP contribution in [-0.4, -0.2) is 21.4 Å². The lowest BCUT2D eigenvalue weighted by Gasteiger charge is -2.10. The Labute approximate surface area is 146 Å². The molecule has 0 aliphatic heterocycles. The summed E-state index contributed by atoms with van der Waals surface area (Å²) in [5.74, 6) is -1.39. The summed E-state index contributed by atoms with van der Waals surface area (Å²) >= 11 is 1.00. The summed E-state index contributed by atoms with van der Waals surface area (Å²) in [5, 5.41) is 9.59. The highest BCUT2D eigenvalue weighted by molar-refractivity contribution is 8.00. The number of halogens is 2. The minimum atomic E-state index is -0.617. The maximum Gasteiger partial charge on any atom is 0.277 e. The third-order valence-electron chi connectivity index (χ3n) is 3.29. The number of carbonyl (C=O) groups excluding carboxylic acids is 1. The van der Waals surface area contributed by atoms with Crippen molar-refractivity contribution in [3.8, 4) is 11.5 Å². The Bertz CT molecular complexity index is 901. The first-order valence-corrected chi connectivity index (χ1v) is 8.23. The van der Waals surface area contributed by atoms with Crippen molar-refractivity contribution in [3.63, 3.8) is 0 Å². The van der Waals surface area contributed by atoms with Gasteiger partial charge in [-0.25, -0.2) is 8.78 Å².